The second-order valence-corrected chi connectivity index (χ2v) is 6.46. The Morgan fingerprint density at radius 1 is 0.933 bits per heavy atom. The number of nitrogens with one attached hydrogen (secondary N) is 2. The molecule has 0 aliphatic rings. The average Bonchev–Trinajstić information content (AvgIpc) is 2.78. The zero-order valence-electron chi connectivity index (χ0n) is 16.5. The van der Waals surface area contributed by atoms with Crippen LogP contribution in [0.2, 0.25) is 0 Å². The molecule has 4 rings (SSSR count). The number of ether oxygens (including phenoxy) is 2. The quantitative estimate of drug-likeness (QED) is 0.467. The molecule has 8 heteroatoms. The lowest BCUT2D eigenvalue weighted by Crippen LogP contribution is -2.04. The maximum Gasteiger partial charge on any atom is 0.223 e. The van der Waals surface area contributed by atoms with Crippen molar-refractivity contribution in [3.05, 3.63) is 72.3 Å². The predicted octanol–water partition coefficient (Wildman–Crippen LogP) is 4.54. The molecular formula is C22H20FN5O2. The number of pyridine rings is 1. The molecule has 0 aliphatic carbocycles. The average molecular weight is 405 g/mol. The van der Waals surface area contributed by atoms with Gasteiger partial charge in [-0.1, -0.05) is 12.1 Å². The van der Waals surface area contributed by atoms with E-state index in [4.69, 9.17) is 9.47 Å². The van der Waals surface area contributed by atoms with Crippen molar-refractivity contribution in [3.8, 4) is 11.5 Å². The highest BCUT2D eigenvalue weighted by molar-refractivity contribution is 5.90. The van der Waals surface area contributed by atoms with Crippen molar-refractivity contribution < 1.29 is 13.9 Å². The van der Waals surface area contributed by atoms with E-state index in [0.717, 1.165) is 22.2 Å². The first-order chi connectivity index (χ1) is 14.7. The Bertz CT molecular complexity index is 1170. The number of nitrogens with zero attached hydrogens (tertiary/aromatic N) is 3. The fraction of sp³-hybridized carbons (Fsp3) is 0.136. The van der Waals surface area contributed by atoms with Crippen LogP contribution in [-0.2, 0) is 6.54 Å². The molecule has 0 atom stereocenters. The third-order valence-electron chi connectivity index (χ3n) is 4.52. The highest BCUT2D eigenvalue weighted by Gasteiger charge is 2.09. The van der Waals surface area contributed by atoms with E-state index >= 15 is 0 Å². The van der Waals surface area contributed by atoms with Crippen molar-refractivity contribution in [2.24, 2.45) is 0 Å². The van der Waals surface area contributed by atoms with Crippen molar-refractivity contribution in [3.63, 3.8) is 0 Å². The number of benzene rings is 2. The second-order valence-electron chi connectivity index (χ2n) is 6.46. The van der Waals surface area contributed by atoms with Crippen LogP contribution in [0.15, 0.2) is 60.9 Å². The number of fused-ring (bicyclic) bond motifs is 1. The second kappa shape index (κ2) is 8.60. The van der Waals surface area contributed by atoms with Gasteiger partial charge < -0.3 is 20.1 Å². The monoisotopic (exact) mass is 405 g/mol. The minimum Gasteiger partial charge on any atom is -0.493 e. The van der Waals surface area contributed by atoms with E-state index in [-0.39, 0.29) is 5.82 Å². The lowest BCUT2D eigenvalue weighted by Gasteiger charge is -2.12. The Labute approximate surface area is 172 Å². The Balaban J connectivity index is 1.54. The van der Waals surface area contributed by atoms with Gasteiger partial charge in [-0.05, 0) is 35.9 Å². The first-order valence-corrected chi connectivity index (χ1v) is 9.25. The summed E-state index contributed by atoms with van der Waals surface area (Å²) >= 11 is 0. The molecule has 0 saturated heterocycles. The van der Waals surface area contributed by atoms with E-state index in [0.29, 0.717) is 29.8 Å². The number of hydrogen-bond donors (Lipinski definition) is 2. The molecular weight excluding hydrogens is 385 g/mol. The molecule has 0 spiro atoms. The normalized spacial score (nSPS) is 10.6. The molecule has 0 fully saturated rings. The maximum atomic E-state index is 13.0. The molecule has 2 heterocycles. The standard InChI is InChI=1S/C22H20FN5O2/c1-29-19-8-7-16(11-20(19)30-2)27-21-17-13-26-22(28-18(17)9-10-24-21)25-12-14-3-5-15(23)6-4-14/h3-11,13H,12H2,1-2H3,(H,24,27)(H,25,26,28). The van der Waals surface area contributed by atoms with Crippen molar-refractivity contribution in [1.29, 1.82) is 0 Å². The van der Waals surface area contributed by atoms with Gasteiger partial charge in [0.25, 0.3) is 0 Å². The number of rotatable bonds is 7. The number of hydrogen-bond acceptors (Lipinski definition) is 7. The Morgan fingerprint density at radius 3 is 2.50 bits per heavy atom. The summed E-state index contributed by atoms with van der Waals surface area (Å²) < 4.78 is 23.6. The molecule has 2 aromatic heterocycles. The van der Waals surface area contributed by atoms with Gasteiger partial charge in [0, 0.05) is 30.7 Å². The van der Waals surface area contributed by atoms with Crippen molar-refractivity contribution in [1.82, 2.24) is 15.0 Å². The summed E-state index contributed by atoms with van der Waals surface area (Å²) in [7, 11) is 3.18. The summed E-state index contributed by atoms with van der Waals surface area (Å²) in [4.78, 5) is 13.3. The Hall–Kier alpha value is -3.94. The first-order valence-electron chi connectivity index (χ1n) is 9.25. The van der Waals surface area contributed by atoms with Gasteiger partial charge in [0.15, 0.2) is 11.5 Å². The lowest BCUT2D eigenvalue weighted by molar-refractivity contribution is 0.355. The lowest BCUT2D eigenvalue weighted by atomic mass is 10.2. The molecule has 0 bridgehead atoms. The van der Waals surface area contributed by atoms with E-state index < -0.39 is 0 Å². The van der Waals surface area contributed by atoms with Crippen LogP contribution in [0.5, 0.6) is 11.5 Å². The maximum absolute atomic E-state index is 13.0. The number of anilines is 3. The van der Waals surface area contributed by atoms with Gasteiger partial charge in [-0.15, -0.1) is 0 Å². The van der Waals surface area contributed by atoms with Crippen molar-refractivity contribution in [2.75, 3.05) is 24.9 Å². The van der Waals surface area contributed by atoms with E-state index in [1.54, 1.807) is 38.7 Å². The van der Waals surface area contributed by atoms with Crippen LogP contribution >= 0.6 is 0 Å². The highest BCUT2D eigenvalue weighted by atomic mass is 19.1. The van der Waals surface area contributed by atoms with Crippen LogP contribution in [0.4, 0.5) is 21.8 Å². The van der Waals surface area contributed by atoms with Crippen molar-refractivity contribution in [2.45, 2.75) is 6.54 Å². The predicted molar refractivity (Wildman–Crippen MR) is 114 cm³/mol. The fourth-order valence-corrected chi connectivity index (χ4v) is 2.98. The zero-order valence-corrected chi connectivity index (χ0v) is 16.5. The summed E-state index contributed by atoms with van der Waals surface area (Å²) in [5.41, 5.74) is 2.47. The highest BCUT2D eigenvalue weighted by Crippen LogP contribution is 2.32. The molecule has 2 N–H and O–H groups in total. The molecule has 0 radical (unpaired) electrons. The molecule has 7 nitrogen and oxygen atoms in total. The van der Waals surface area contributed by atoms with Gasteiger partial charge in [-0.2, -0.15) is 0 Å². The van der Waals surface area contributed by atoms with Gasteiger partial charge in [-0.3, -0.25) is 0 Å². The van der Waals surface area contributed by atoms with Crippen LogP contribution in [0, 0.1) is 5.82 Å². The van der Waals surface area contributed by atoms with E-state index in [2.05, 4.69) is 25.6 Å². The Morgan fingerprint density at radius 2 is 1.73 bits per heavy atom. The molecule has 0 saturated carbocycles. The van der Waals surface area contributed by atoms with Crippen LogP contribution in [0.25, 0.3) is 10.9 Å². The minimum atomic E-state index is -0.261. The molecule has 0 amide bonds. The molecule has 152 valence electrons. The summed E-state index contributed by atoms with van der Waals surface area (Å²) in [5, 5.41) is 7.20. The van der Waals surface area contributed by atoms with Crippen LogP contribution < -0.4 is 20.1 Å². The van der Waals surface area contributed by atoms with Crippen molar-refractivity contribution >= 4 is 28.4 Å². The van der Waals surface area contributed by atoms with E-state index in [1.807, 2.05) is 24.3 Å². The Kier molecular flexibility index (Phi) is 5.56. The molecule has 30 heavy (non-hydrogen) atoms. The van der Waals surface area contributed by atoms with E-state index in [1.165, 1.54) is 12.1 Å². The number of aromatic nitrogens is 3. The SMILES string of the molecule is COc1ccc(Nc2nccc3nc(NCc4ccc(F)cc4)ncc23)cc1OC. The van der Waals surface area contributed by atoms with Crippen LogP contribution in [0.1, 0.15) is 5.56 Å². The smallest absolute Gasteiger partial charge is 0.223 e. The largest absolute Gasteiger partial charge is 0.493 e. The summed E-state index contributed by atoms with van der Waals surface area (Å²) in [6.45, 7) is 0.494. The fourth-order valence-electron chi connectivity index (χ4n) is 2.98. The number of methoxy groups -OCH3 is 2. The van der Waals surface area contributed by atoms with Gasteiger partial charge in [-0.25, -0.2) is 19.3 Å². The van der Waals surface area contributed by atoms with Gasteiger partial charge >= 0.3 is 0 Å². The third kappa shape index (κ3) is 4.22. The molecule has 4 aromatic rings. The molecule has 0 unspecified atom stereocenters. The minimum absolute atomic E-state index is 0.261. The third-order valence-corrected chi connectivity index (χ3v) is 4.52. The molecule has 2 aromatic carbocycles. The van der Waals surface area contributed by atoms with Gasteiger partial charge in [0.1, 0.15) is 11.6 Å². The summed E-state index contributed by atoms with van der Waals surface area (Å²) in [6.07, 6.45) is 3.40. The van der Waals surface area contributed by atoms with Crippen LogP contribution in [0.3, 0.4) is 0 Å². The molecule has 0 aliphatic heterocycles. The van der Waals surface area contributed by atoms with E-state index in [9.17, 15) is 4.39 Å². The zero-order chi connectivity index (χ0) is 20.9. The summed E-state index contributed by atoms with van der Waals surface area (Å²) in [5.74, 6) is 2.11. The van der Waals surface area contributed by atoms with Crippen LogP contribution in [-0.4, -0.2) is 29.2 Å². The first kappa shape index (κ1) is 19.4. The van der Waals surface area contributed by atoms with Gasteiger partial charge in [0.05, 0.1) is 25.1 Å². The number of halogens is 1. The van der Waals surface area contributed by atoms with Gasteiger partial charge in [0.2, 0.25) is 5.95 Å². The topological polar surface area (TPSA) is 81.2 Å². The summed E-state index contributed by atoms with van der Waals surface area (Å²) in [6, 6.07) is 13.6.